The number of nitriles is 1. The molecule has 0 aromatic heterocycles. The molecule has 0 spiro atoms. The molecule has 2 N–H and O–H groups in total. The third kappa shape index (κ3) is 5.43. The van der Waals surface area contributed by atoms with Crippen LogP contribution in [0.1, 0.15) is 38.7 Å². The molecule has 140 valence electrons. The highest BCUT2D eigenvalue weighted by molar-refractivity contribution is 7.80. The summed E-state index contributed by atoms with van der Waals surface area (Å²) in [5.41, 5.74) is 1.24. The molecular weight excluding hydrogens is 344 g/mol. The Labute approximate surface area is 161 Å². The van der Waals surface area contributed by atoms with Crippen molar-refractivity contribution in [3.05, 3.63) is 35.9 Å². The van der Waals surface area contributed by atoms with Crippen LogP contribution in [0.4, 0.5) is 0 Å². The zero-order valence-corrected chi connectivity index (χ0v) is 16.4. The Morgan fingerprint density at radius 1 is 1.42 bits per heavy atom. The number of thiocarbonyl (C=S) groups is 1. The quantitative estimate of drug-likeness (QED) is 0.720. The largest absolute Gasteiger partial charge is 0.362 e. The van der Waals surface area contributed by atoms with Gasteiger partial charge in [-0.3, -0.25) is 4.79 Å². The van der Waals surface area contributed by atoms with Crippen LogP contribution < -0.4 is 10.6 Å². The van der Waals surface area contributed by atoms with Crippen LogP contribution in [0.15, 0.2) is 30.3 Å². The number of hydrogen-bond acceptors (Lipinski definition) is 3. The second kappa shape index (κ2) is 10.1. The van der Waals surface area contributed by atoms with Gasteiger partial charge in [0.2, 0.25) is 5.91 Å². The molecular formula is C20H28N4OS. The number of rotatable bonds is 7. The van der Waals surface area contributed by atoms with Crippen molar-refractivity contribution in [1.82, 2.24) is 15.5 Å². The summed E-state index contributed by atoms with van der Waals surface area (Å²) < 4.78 is 0. The number of nitrogens with one attached hydrogen (secondary N) is 2. The van der Waals surface area contributed by atoms with Crippen LogP contribution in [0.25, 0.3) is 0 Å². The molecule has 1 aliphatic heterocycles. The fourth-order valence-electron chi connectivity index (χ4n) is 3.18. The molecule has 1 aromatic carbocycles. The van der Waals surface area contributed by atoms with Gasteiger partial charge in [0.05, 0.1) is 6.07 Å². The van der Waals surface area contributed by atoms with Crippen molar-refractivity contribution in [3.8, 4) is 6.07 Å². The Morgan fingerprint density at radius 3 is 2.81 bits per heavy atom. The van der Waals surface area contributed by atoms with Crippen LogP contribution in [0, 0.1) is 17.2 Å². The molecule has 1 aliphatic rings. The maximum Gasteiger partial charge on any atom is 0.246 e. The molecule has 0 bridgehead atoms. The molecule has 26 heavy (non-hydrogen) atoms. The zero-order chi connectivity index (χ0) is 18.9. The Morgan fingerprint density at radius 2 is 2.15 bits per heavy atom. The van der Waals surface area contributed by atoms with Gasteiger partial charge >= 0.3 is 0 Å². The van der Waals surface area contributed by atoms with E-state index < -0.39 is 6.04 Å². The first-order valence-electron chi connectivity index (χ1n) is 9.35. The molecule has 3 atom stereocenters. The first-order valence-corrected chi connectivity index (χ1v) is 9.76. The van der Waals surface area contributed by atoms with Gasteiger partial charge in [0.25, 0.3) is 0 Å². The number of hydrogen-bond donors (Lipinski definition) is 2. The summed E-state index contributed by atoms with van der Waals surface area (Å²) in [6.45, 7) is 5.46. The molecule has 5 nitrogen and oxygen atoms in total. The van der Waals surface area contributed by atoms with E-state index in [0.717, 1.165) is 25.7 Å². The lowest BCUT2D eigenvalue weighted by Crippen LogP contribution is -2.54. The van der Waals surface area contributed by atoms with Gasteiger partial charge in [0, 0.05) is 13.1 Å². The van der Waals surface area contributed by atoms with Crippen LogP contribution in [0.5, 0.6) is 0 Å². The van der Waals surface area contributed by atoms with Gasteiger partial charge in [0.15, 0.2) is 5.11 Å². The number of carbonyl (C=O) groups is 1. The summed E-state index contributed by atoms with van der Waals surface area (Å²) in [7, 11) is 0. The molecule has 1 saturated heterocycles. The Kier molecular flexibility index (Phi) is 7.86. The van der Waals surface area contributed by atoms with Crippen LogP contribution in [-0.2, 0) is 11.2 Å². The fraction of sp³-hybridized carbons (Fsp3) is 0.550. The molecule has 1 amide bonds. The van der Waals surface area contributed by atoms with E-state index in [0.29, 0.717) is 18.2 Å². The fourth-order valence-corrected chi connectivity index (χ4v) is 3.41. The Bertz CT molecular complexity index is 643. The summed E-state index contributed by atoms with van der Waals surface area (Å²) in [4.78, 5) is 14.7. The summed E-state index contributed by atoms with van der Waals surface area (Å²) in [6.07, 6.45) is 3.38. The van der Waals surface area contributed by atoms with E-state index in [1.54, 1.807) is 4.90 Å². The predicted molar refractivity (Wildman–Crippen MR) is 107 cm³/mol. The topological polar surface area (TPSA) is 68.2 Å². The summed E-state index contributed by atoms with van der Waals surface area (Å²) in [6, 6.07) is 11.7. The highest BCUT2D eigenvalue weighted by Gasteiger charge is 2.35. The van der Waals surface area contributed by atoms with Crippen LogP contribution in [0.3, 0.4) is 0 Å². The minimum atomic E-state index is -0.398. The lowest BCUT2D eigenvalue weighted by molar-refractivity contribution is -0.134. The van der Waals surface area contributed by atoms with Gasteiger partial charge < -0.3 is 15.5 Å². The van der Waals surface area contributed by atoms with Gasteiger partial charge in [-0.05, 0) is 43.0 Å². The first-order chi connectivity index (χ1) is 12.6. The van der Waals surface area contributed by atoms with Crippen LogP contribution in [0.2, 0.25) is 0 Å². The maximum absolute atomic E-state index is 13.0. The molecule has 1 unspecified atom stereocenters. The van der Waals surface area contributed by atoms with E-state index in [1.807, 2.05) is 25.1 Å². The Balaban J connectivity index is 1.91. The van der Waals surface area contributed by atoms with E-state index in [-0.39, 0.29) is 17.9 Å². The minimum Gasteiger partial charge on any atom is -0.362 e. The van der Waals surface area contributed by atoms with Crippen LogP contribution >= 0.6 is 12.2 Å². The van der Waals surface area contributed by atoms with Crippen molar-refractivity contribution in [2.24, 2.45) is 5.92 Å². The number of likely N-dealkylation sites (tertiary alicyclic amines) is 1. The number of amides is 1. The lowest BCUT2D eigenvalue weighted by Gasteiger charge is -2.30. The van der Waals surface area contributed by atoms with Gasteiger partial charge in [-0.15, -0.1) is 0 Å². The summed E-state index contributed by atoms with van der Waals surface area (Å²) in [5, 5.41) is 16.2. The second-order valence-corrected chi connectivity index (χ2v) is 7.23. The van der Waals surface area contributed by atoms with Gasteiger partial charge in [-0.1, -0.05) is 50.6 Å². The number of benzene rings is 1. The monoisotopic (exact) mass is 372 g/mol. The van der Waals surface area contributed by atoms with E-state index in [4.69, 9.17) is 12.2 Å². The molecule has 6 heteroatoms. The van der Waals surface area contributed by atoms with E-state index in [2.05, 4.69) is 35.8 Å². The summed E-state index contributed by atoms with van der Waals surface area (Å²) >= 11 is 5.41. The summed E-state index contributed by atoms with van der Waals surface area (Å²) in [5.74, 6) is 0.118. The average Bonchev–Trinajstić information content (AvgIpc) is 3.14. The molecule has 1 fully saturated rings. The second-order valence-electron chi connectivity index (χ2n) is 6.82. The maximum atomic E-state index is 13.0. The third-order valence-electron chi connectivity index (χ3n) is 4.99. The number of nitrogens with zero attached hydrogens (tertiary/aromatic N) is 2. The van der Waals surface area contributed by atoms with Gasteiger partial charge in [-0.2, -0.15) is 5.26 Å². The highest BCUT2D eigenvalue weighted by atomic mass is 32.1. The van der Waals surface area contributed by atoms with Crippen molar-refractivity contribution in [2.75, 3.05) is 13.1 Å². The molecule has 0 radical (unpaired) electrons. The number of carbonyl (C=O) groups excluding carboxylic acids is 1. The van der Waals surface area contributed by atoms with E-state index >= 15 is 0 Å². The lowest BCUT2D eigenvalue weighted by atomic mass is 9.97. The molecule has 0 saturated carbocycles. The smallest absolute Gasteiger partial charge is 0.246 e. The third-order valence-corrected chi connectivity index (χ3v) is 5.25. The van der Waals surface area contributed by atoms with E-state index in [1.165, 1.54) is 5.56 Å². The van der Waals surface area contributed by atoms with Crippen molar-refractivity contribution >= 4 is 23.2 Å². The van der Waals surface area contributed by atoms with Gasteiger partial charge in [-0.25, -0.2) is 0 Å². The molecule has 2 rings (SSSR count). The molecule has 1 aromatic rings. The highest BCUT2D eigenvalue weighted by Crippen LogP contribution is 2.20. The van der Waals surface area contributed by atoms with E-state index in [9.17, 15) is 10.1 Å². The molecule has 0 aliphatic carbocycles. The zero-order valence-electron chi connectivity index (χ0n) is 15.6. The Hall–Kier alpha value is -2.13. The SMILES string of the molecule is CCC(C)[C@H](NC(=S)NCCc1ccccc1)C(=O)N1CCC[C@H]1C#N. The van der Waals surface area contributed by atoms with Crippen molar-refractivity contribution in [2.45, 2.75) is 51.6 Å². The van der Waals surface area contributed by atoms with Crippen molar-refractivity contribution < 1.29 is 4.79 Å². The predicted octanol–water partition coefficient (Wildman–Crippen LogP) is 2.62. The average molecular weight is 373 g/mol. The standard InChI is InChI=1S/C20H28N4OS/c1-3-15(2)18(19(25)24-13-7-10-17(24)14-21)23-20(26)22-12-11-16-8-5-4-6-9-16/h4-6,8-9,15,17-18H,3,7,10-13H2,1-2H3,(H2,22,23,26)/t15?,17-,18-/m0/s1. The van der Waals surface area contributed by atoms with Crippen molar-refractivity contribution in [3.63, 3.8) is 0 Å². The van der Waals surface area contributed by atoms with Gasteiger partial charge in [0.1, 0.15) is 12.1 Å². The van der Waals surface area contributed by atoms with Crippen LogP contribution in [-0.4, -0.2) is 41.1 Å². The molecule has 1 heterocycles. The minimum absolute atomic E-state index is 0.0180. The first kappa shape index (κ1) is 20.2. The normalized spacial score (nSPS) is 18.7. The van der Waals surface area contributed by atoms with Crippen molar-refractivity contribution in [1.29, 1.82) is 5.26 Å².